The fourth-order valence-electron chi connectivity index (χ4n) is 2.48. The summed E-state index contributed by atoms with van der Waals surface area (Å²) in [5.74, 6) is -2.99. The van der Waals surface area contributed by atoms with E-state index in [2.05, 4.69) is 5.32 Å². The molecule has 0 aliphatic rings. The molecule has 0 amide bonds. The normalized spacial score (nSPS) is 11.4. The van der Waals surface area contributed by atoms with Gasteiger partial charge in [-0.3, -0.25) is 0 Å². The second-order valence-electron chi connectivity index (χ2n) is 5.61. The minimum atomic E-state index is -3.98. The Kier molecular flexibility index (Phi) is 5.45. The molecule has 4 nitrogen and oxygen atoms in total. The molecule has 0 bridgehead atoms. The van der Waals surface area contributed by atoms with Crippen molar-refractivity contribution in [2.45, 2.75) is 4.90 Å². The summed E-state index contributed by atoms with van der Waals surface area (Å²) in [6, 6.07) is 11.9. The summed E-state index contributed by atoms with van der Waals surface area (Å²) >= 11 is 1.92. The summed E-state index contributed by atoms with van der Waals surface area (Å²) in [4.78, 5) is -0.184. The third-order valence-electron chi connectivity index (χ3n) is 3.76. The molecule has 0 radical (unpaired) electrons. The fourth-order valence-corrected chi connectivity index (χ4v) is 3.49. The Labute approximate surface area is 167 Å². The predicted molar refractivity (Wildman–Crippen MR) is 106 cm³/mol. The smallest absolute Gasteiger partial charge is 0.238 e. The third kappa shape index (κ3) is 4.25. The second-order valence-corrected chi connectivity index (χ2v) is 8.41. The molecule has 0 atom stereocenters. The Morgan fingerprint density at radius 3 is 2.33 bits per heavy atom. The van der Waals surface area contributed by atoms with Crippen LogP contribution in [0, 0.1) is 21.0 Å². The van der Waals surface area contributed by atoms with Crippen molar-refractivity contribution in [2.24, 2.45) is 5.14 Å². The maximum Gasteiger partial charge on any atom is 0.238 e. The molecule has 0 aliphatic carbocycles. The topological polar surface area (TPSA) is 72.2 Å². The quantitative estimate of drug-likeness (QED) is 0.504. The first-order chi connectivity index (χ1) is 12.7. The SMILES string of the molecule is NS(=O)(=O)c1cccc(-c2ccc(F)c(F)c2Nc2ccc(I)cc2F)c1. The lowest BCUT2D eigenvalue weighted by Crippen LogP contribution is -2.12. The molecular formula is C18H12F3IN2O2S. The Morgan fingerprint density at radius 1 is 0.926 bits per heavy atom. The summed E-state index contributed by atoms with van der Waals surface area (Å²) in [6.45, 7) is 0. The molecule has 3 rings (SSSR count). The Morgan fingerprint density at radius 2 is 1.67 bits per heavy atom. The van der Waals surface area contributed by atoms with Gasteiger partial charge in [0.25, 0.3) is 0 Å². The number of sulfonamides is 1. The highest BCUT2D eigenvalue weighted by Gasteiger charge is 2.18. The summed E-state index contributed by atoms with van der Waals surface area (Å²) < 4.78 is 66.2. The van der Waals surface area contributed by atoms with Gasteiger partial charge < -0.3 is 5.32 Å². The average Bonchev–Trinajstić information content (AvgIpc) is 2.60. The molecule has 9 heteroatoms. The van der Waals surface area contributed by atoms with Gasteiger partial charge in [0.2, 0.25) is 10.0 Å². The number of hydrogen-bond acceptors (Lipinski definition) is 3. The van der Waals surface area contributed by atoms with Crippen LogP contribution < -0.4 is 10.5 Å². The number of benzene rings is 3. The van der Waals surface area contributed by atoms with Gasteiger partial charge in [0.15, 0.2) is 11.6 Å². The lowest BCUT2D eigenvalue weighted by Gasteiger charge is -2.15. The zero-order valence-corrected chi connectivity index (χ0v) is 16.5. The average molecular weight is 504 g/mol. The van der Waals surface area contributed by atoms with E-state index < -0.39 is 27.5 Å². The molecule has 3 N–H and O–H groups in total. The van der Waals surface area contributed by atoms with E-state index >= 15 is 0 Å². The molecule has 0 spiro atoms. The van der Waals surface area contributed by atoms with E-state index in [1.165, 1.54) is 42.5 Å². The number of halogens is 4. The van der Waals surface area contributed by atoms with Crippen molar-refractivity contribution in [3.8, 4) is 11.1 Å². The van der Waals surface area contributed by atoms with Crippen LogP contribution in [-0.4, -0.2) is 8.42 Å². The number of nitrogens with two attached hydrogens (primary N) is 1. The fraction of sp³-hybridized carbons (Fsp3) is 0. The van der Waals surface area contributed by atoms with Gasteiger partial charge in [0.1, 0.15) is 5.82 Å². The second kappa shape index (κ2) is 7.49. The van der Waals surface area contributed by atoms with Crippen LogP contribution in [0.25, 0.3) is 11.1 Å². The highest BCUT2D eigenvalue weighted by molar-refractivity contribution is 14.1. The van der Waals surface area contributed by atoms with Gasteiger partial charge in [-0.05, 0) is 70.6 Å². The first kappa shape index (κ1) is 19.6. The summed E-state index contributed by atoms with van der Waals surface area (Å²) in [5.41, 5.74) is 0.0524. The largest absolute Gasteiger partial charge is 0.350 e. The van der Waals surface area contributed by atoms with Gasteiger partial charge >= 0.3 is 0 Å². The summed E-state index contributed by atoms with van der Waals surface area (Å²) in [6.07, 6.45) is 0. The molecule has 0 fully saturated rings. The molecular weight excluding hydrogens is 492 g/mol. The van der Waals surface area contributed by atoms with E-state index in [4.69, 9.17) is 5.14 Å². The Hall–Kier alpha value is -2.11. The Bertz CT molecular complexity index is 1140. The molecule has 27 heavy (non-hydrogen) atoms. The molecule has 140 valence electrons. The van der Waals surface area contributed by atoms with Crippen molar-refractivity contribution in [3.63, 3.8) is 0 Å². The number of nitrogens with one attached hydrogen (secondary N) is 1. The van der Waals surface area contributed by atoms with E-state index in [9.17, 15) is 21.6 Å². The van der Waals surface area contributed by atoms with Gasteiger partial charge in [-0.2, -0.15) is 0 Å². The zero-order valence-electron chi connectivity index (χ0n) is 13.5. The van der Waals surface area contributed by atoms with Crippen molar-refractivity contribution in [2.75, 3.05) is 5.32 Å². The van der Waals surface area contributed by atoms with Crippen molar-refractivity contribution >= 4 is 44.0 Å². The minimum Gasteiger partial charge on any atom is -0.350 e. The van der Waals surface area contributed by atoms with E-state index in [0.29, 0.717) is 3.57 Å². The van der Waals surface area contributed by atoms with Gasteiger partial charge in [-0.25, -0.2) is 26.7 Å². The van der Waals surface area contributed by atoms with Crippen molar-refractivity contribution in [3.05, 3.63) is 75.6 Å². The third-order valence-corrected chi connectivity index (χ3v) is 5.34. The summed E-state index contributed by atoms with van der Waals surface area (Å²) in [5, 5.41) is 7.69. The first-order valence-corrected chi connectivity index (χ1v) is 10.1. The molecule has 0 unspecified atom stereocenters. The molecule has 3 aromatic rings. The number of hydrogen-bond donors (Lipinski definition) is 2. The van der Waals surface area contributed by atoms with Crippen LogP contribution in [0.2, 0.25) is 0 Å². The van der Waals surface area contributed by atoms with Crippen molar-refractivity contribution < 1.29 is 21.6 Å². The monoisotopic (exact) mass is 504 g/mol. The standard InChI is InChI=1S/C18H12F3IN2O2S/c19-14-6-5-13(10-2-1-3-12(8-10)27(23,25)26)18(17(14)21)24-16-7-4-11(22)9-15(16)20/h1-9,24H,(H2,23,25,26). The van der Waals surface area contributed by atoms with Crippen LogP contribution in [0.15, 0.2) is 59.5 Å². The molecule has 0 aliphatic heterocycles. The molecule has 3 aromatic carbocycles. The summed E-state index contributed by atoms with van der Waals surface area (Å²) in [7, 11) is -3.98. The first-order valence-electron chi connectivity index (χ1n) is 7.50. The molecule has 0 saturated carbocycles. The molecule has 0 heterocycles. The van der Waals surface area contributed by atoms with Crippen LogP contribution in [-0.2, 0) is 10.0 Å². The van der Waals surface area contributed by atoms with Crippen LogP contribution >= 0.6 is 22.6 Å². The van der Waals surface area contributed by atoms with E-state index in [1.807, 2.05) is 22.6 Å². The maximum atomic E-state index is 14.5. The number of primary sulfonamides is 1. The predicted octanol–water partition coefficient (Wildman–Crippen LogP) is 4.77. The van der Waals surface area contributed by atoms with Crippen LogP contribution in [0.3, 0.4) is 0 Å². The van der Waals surface area contributed by atoms with E-state index in [1.54, 1.807) is 6.07 Å². The number of rotatable bonds is 4. The van der Waals surface area contributed by atoms with Crippen LogP contribution in [0.4, 0.5) is 24.5 Å². The van der Waals surface area contributed by atoms with Gasteiger partial charge in [-0.1, -0.05) is 12.1 Å². The lowest BCUT2D eigenvalue weighted by atomic mass is 10.0. The van der Waals surface area contributed by atoms with Gasteiger partial charge in [-0.15, -0.1) is 0 Å². The maximum absolute atomic E-state index is 14.5. The van der Waals surface area contributed by atoms with Crippen LogP contribution in [0.5, 0.6) is 0 Å². The zero-order chi connectivity index (χ0) is 19.8. The van der Waals surface area contributed by atoms with Gasteiger partial charge in [0, 0.05) is 9.13 Å². The van der Waals surface area contributed by atoms with Crippen LogP contribution in [0.1, 0.15) is 0 Å². The van der Waals surface area contributed by atoms with Crippen molar-refractivity contribution in [1.29, 1.82) is 0 Å². The lowest BCUT2D eigenvalue weighted by molar-refractivity contribution is 0.512. The highest BCUT2D eigenvalue weighted by atomic mass is 127. The Balaban J connectivity index is 2.16. The molecule has 0 saturated heterocycles. The number of anilines is 2. The minimum absolute atomic E-state index is 0.0521. The van der Waals surface area contributed by atoms with E-state index in [-0.39, 0.29) is 27.4 Å². The van der Waals surface area contributed by atoms with Gasteiger partial charge in [0.05, 0.1) is 16.3 Å². The molecule has 0 aromatic heterocycles. The van der Waals surface area contributed by atoms with Crippen molar-refractivity contribution in [1.82, 2.24) is 0 Å². The highest BCUT2D eigenvalue weighted by Crippen LogP contribution is 2.35. The van der Waals surface area contributed by atoms with E-state index in [0.717, 1.165) is 6.07 Å².